The fraction of sp³-hybridized carbons (Fsp3) is 0.524. The molecule has 4 rings (SSSR count). The van der Waals surface area contributed by atoms with Crippen LogP contribution in [0.2, 0.25) is 0 Å². The van der Waals surface area contributed by atoms with Crippen molar-refractivity contribution in [2.75, 3.05) is 19.7 Å². The van der Waals surface area contributed by atoms with Crippen LogP contribution < -0.4 is 4.74 Å². The monoisotopic (exact) mass is 559 g/mol. The molecule has 4 heterocycles. The van der Waals surface area contributed by atoms with E-state index in [1.54, 1.807) is 17.5 Å². The molecule has 1 spiro atoms. The molecule has 2 N–H and O–H groups in total. The van der Waals surface area contributed by atoms with Crippen LogP contribution in [0.1, 0.15) is 23.4 Å². The van der Waals surface area contributed by atoms with E-state index in [-0.39, 0.29) is 11.7 Å². The minimum absolute atomic E-state index is 0.0315. The lowest BCUT2D eigenvalue weighted by molar-refractivity contribution is -0.193. The molecule has 206 valence electrons. The average Bonchev–Trinajstić information content (AvgIpc) is 3.17. The maximum atomic E-state index is 10.6. The molecular weight excluding hydrogens is 536 g/mol. The molecule has 0 aromatic carbocycles. The van der Waals surface area contributed by atoms with Gasteiger partial charge in [0, 0.05) is 49.6 Å². The Bertz CT molecular complexity index is 1000. The summed E-state index contributed by atoms with van der Waals surface area (Å²) in [5, 5.41) is 14.2. The zero-order valence-electron chi connectivity index (χ0n) is 19.3. The lowest BCUT2D eigenvalue weighted by atomic mass is 9.84. The van der Waals surface area contributed by atoms with E-state index in [9.17, 15) is 26.3 Å². The largest absolute Gasteiger partial charge is 0.490 e. The molecule has 16 heteroatoms. The van der Waals surface area contributed by atoms with Crippen LogP contribution in [0.25, 0.3) is 0 Å². The van der Waals surface area contributed by atoms with Gasteiger partial charge in [-0.3, -0.25) is 4.90 Å². The summed E-state index contributed by atoms with van der Waals surface area (Å²) in [6.45, 7) is 5.78. The highest BCUT2D eigenvalue weighted by atomic mass is 32.1. The number of hydrogen-bond acceptors (Lipinski definition) is 8. The molecule has 0 saturated carbocycles. The van der Waals surface area contributed by atoms with Crippen LogP contribution >= 0.6 is 11.3 Å². The van der Waals surface area contributed by atoms with Crippen molar-refractivity contribution in [3.63, 3.8) is 0 Å². The summed E-state index contributed by atoms with van der Waals surface area (Å²) in [6, 6.07) is 5.78. The van der Waals surface area contributed by atoms with Gasteiger partial charge >= 0.3 is 24.3 Å². The Balaban J connectivity index is 0.000000286. The SMILES string of the molecule is Cc1ncsc1CN1CC2(CC(Oc3ccccn3)CCO2)C1.O=C(O)C(F)(F)F.O=C(O)C(F)(F)F. The van der Waals surface area contributed by atoms with Crippen molar-refractivity contribution in [1.29, 1.82) is 0 Å². The highest BCUT2D eigenvalue weighted by Crippen LogP contribution is 2.36. The average molecular weight is 559 g/mol. The van der Waals surface area contributed by atoms with Gasteiger partial charge in [-0.15, -0.1) is 11.3 Å². The summed E-state index contributed by atoms with van der Waals surface area (Å²) in [6.07, 6.45) is -6.31. The summed E-state index contributed by atoms with van der Waals surface area (Å²) < 4.78 is 75.6. The summed E-state index contributed by atoms with van der Waals surface area (Å²) in [7, 11) is 0. The van der Waals surface area contributed by atoms with Crippen molar-refractivity contribution >= 4 is 23.3 Å². The zero-order chi connectivity index (χ0) is 27.9. The van der Waals surface area contributed by atoms with Crippen molar-refractivity contribution in [3.8, 4) is 5.88 Å². The number of alkyl halides is 6. The number of ether oxygens (including phenoxy) is 2. The van der Waals surface area contributed by atoms with Gasteiger partial charge < -0.3 is 19.7 Å². The molecule has 1 atom stereocenters. The first-order valence-corrected chi connectivity index (χ1v) is 11.4. The Kier molecular flexibility index (Phi) is 10.2. The van der Waals surface area contributed by atoms with Gasteiger partial charge in [-0.1, -0.05) is 6.07 Å². The van der Waals surface area contributed by atoms with Gasteiger partial charge in [-0.2, -0.15) is 26.3 Å². The van der Waals surface area contributed by atoms with E-state index in [1.807, 2.05) is 23.7 Å². The van der Waals surface area contributed by atoms with Crippen LogP contribution in [-0.4, -0.2) is 80.8 Å². The second kappa shape index (κ2) is 12.5. The van der Waals surface area contributed by atoms with E-state index >= 15 is 0 Å². The van der Waals surface area contributed by atoms with E-state index < -0.39 is 24.3 Å². The van der Waals surface area contributed by atoms with Crippen molar-refractivity contribution in [2.24, 2.45) is 0 Å². The van der Waals surface area contributed by atoms with Gasteiger partial charge in [0.15, 0.2) is 0 Å². The second-order valence-corrected chi connectivity index (χ2v) is 8.98. The zero-order valence-corrected chi connectivity index (χ0v) is 20.1. The van der Waals surface area contributed by atoms with Gasteiger partial charge in [0.05, 0.1) is 23.4 Å². The Morgan fingerprint density at radius 3 is 2.19 bits per heavy atom. The van der Waals surface area contributed by atoms with Gasteiger partial charge in [0.2, 0.25) is 5.88 Å². The van der Waals surface area contributed by atoms with Crippen LogP contribution in [0, 0.1) is 6.92 Å². The summed E-state index contributed by atoms with van der Waals surface area (Å²) >= 11 is 1.74. The van der Waals surface area contributed by atoms with Crippen molar-refractivity contribution in [3.05, 3.63) is 40.5 Å². The van der Waals surface area contributed by atoms with Crippen LogP contribution in [-0.2, 0) is 20.9 Å². The molecule has 2 fully saturated rings. The Morgan fingerprint density at radius 1 is 1.14 bits per heavy atom. The lowest BCUT2D eigenvalue weighted by Crippen LogP contribution is -2.65. The third kappa shape index (κ3) is 9.77. The molecule has 37 heavy (non-hydrogen) atoms. The van der Waals surface area contributed by atoms with E-state index in [4.69, 9.17) is 29.3 Å². The van der Waals surface area contributed by atoms with Crippen LogP contribution in [0.3, 0.4) is 0 Å². The maximum Gasteiger partial charge on any atom is 0.490 e. The molecule has 2 aliphatic rings. The van der Waals surface area contributed by atoms with Gasteiger partial charge in [0.25, 0.3) is 0 Å². The fourth-order valence-corrected chi connectivity index (χ4v) is 4.27. The van der Waals surface area contributed by atoms with Crippen LogP contribution in [0.4, 0.5) is 26.3 Å². The maximum absolute atomic E-state index is 10.6. The number of nitrogens with zero attached hydrogens (tertiary/aromatic N) is 3. The Hall–Kier alpha value is -2.98. The van der Waals surface area contributed by atoms with E-state index in [1.165, 1.54) is 4.88 Å². The van der Waals surface area contributed by atoms with Crippen molar-refractivity contribution in [1.82, 2.24) is 14.9 Å². The van der Waals surface area contributed by atoms with Crippen LogP contribution in [0.5, 0.6) is 5.88 Å². The fourth-order valence-electron chi connectivity index (χ4n) is 3.45. The lowest BCUT2D eigenvalue weighted by Gasteiger charge is -2.53. The Labute approximate surface area is 210 Å². The standard InChI is InChI=1S/C17H21N3O2S.2C2HF3O2/c1-13-15(23-12-19-13)9-20-10-17(11-20)8-14(5-7-21-17)22-16-4-2-3-6-18-16;2*3-2(4,5)1(6)7/h2-4,6,12,14H,5,7-11H2,1H3;2*(H,6,7). The number of carbonyl (C=O) groups is 2. The molecular formula is C21H23F6N3O6S. The number of aliphatic carboxylic acids is 2. The minimum Gasteiger partial charge on any atom is -0.475 e. The number of carboxylic acids is 2. The van der Waals surface area contributed by atoms with Gasteiger partial charge in [0.1, 0.15) is 6.10 Å². The van der Waals surface area contributed by atoms with Crippen molar-refractivity contribution < 1.29 is 55.6 Å². The molecule has 0 bridgehead atoms. The predicted molar refractivity (Wildman–Crippen MR) is 116 cm³/mol. The highest BCUT2D eigenvalue weighted by molar-refractivity contribution is 7.09. The summed E-state index contributed by atoms with van der Waals surface area (Å²) in [4.78, 5) is 30.2. The molecule has 1 unspecified atom stereocenters. The number of likely N-dealkylation sites (tertiary alicyclic amines) is 1. The number of hydrogen-bond donors (Lipinski definition) is 2. The molecule has 9 nitrogen and oxygen atoms in total. The molecule has 2 aromatic rings. The number of carboxylic acid groups (broad SMARTS) is 2. The molecule has 0 amide bonds. The first kappa shape index (κ1) is 30.2. The summed E-state index contributed by atoms with van der Waals surface area (Å²) in [5.74, 6) is -4.80. The molecule has 0 aliphatic carbocycles. The Morgan fingerprint density at radius 2 is 1.73 bits per heavy atom. The van der Waals surface area contributed by atoms with Crippen molar-refractivity contribution in [2.45, 2.75) is 50.4 Å². The normalized spacial score (nSPS) is 18.9. The molecule has 0 radical (unpaired) electrons. The molecule has 2 saturated heterocycles. The number of halogens is 6. The second-order valence-electron chi connectivity index (χ2n) is 8.04. The number of rotatable bonds is 4. The smallest absolute Gasteiger partial charge is 0.475 e. The van der Waals surface area contributed by atoms with Gasteiger partial charge in [-0.05, 0) is 13.0 Å². The van der Waals surface area contributed by atoms with Crippen LogP contribution in [0.15, 0.2) is 29.9 Å². The first-order valence-electron chi connectivity index (χ1n) is 10.5. The third-order valence-corrected chi connectivity index (χ3v) is 6.01. The quantitative estimate of drug-likeness (QED) is 0.537. The van der Waals surface area contributed by atoms with E-state index in [0.29, 0.717) is 5.88 Å². The number of aryl methyl sites for hydroxylation is 1. The van der Waals surface area contributed by atoms with E-state index in [0.717, 1.165) is 44.8 Å². The number of thiazole rings is 1. The first-order chi connectivity index (χ1) is 17.1. The minimum atomic E-state index is -5.08. The number of pyridine rings is 1. The number of aromatic nitrogens is 2. The third-order valence-electron chi connectivity index (χ3n) is 5.09. The molecule has 2 aliphatic heterocycles. The summed E-state index contributed by atoms with van der Waals surface area (Å²) in [5.41, 5.74) is 3.04. The highest BCUT2D eigenvalue weighted by Gasteiger charge is 2.48. The van der Waals surface area contributed by atoms with E-state index in [2.05, 4.69) is 21.8 Å². The molecule has 2 aromatic heterocycles. The predicted octanol–water partition coefficient (Wildman–Crippen LogP) is 3.93. The topological polar surface area (TPSA) is 122 Å². The van der Waals surface area contributed by atoms with Gasteiger partial charge in [-0.25, -0.2) is 19.6 Å².